The number of rotatable bonds is 5. The molecule has 6 heteroatoms. The third-order valence-electron chi connectivity index (χ3n) is 2.86. The van der Waals surface area contributed by atoms with Crippen LogP contribution in [0, 0.1) is 0 Å². The van der Waals surface area contributed by atoms with E-state index in [1.807, 2.05) is 17.9 Å². The van der Waals surface area contributed by atoms with Crippen LogP contribution in [0.25, 0.3) is 0 Å². The molecule has 2 aromatic heterocycles. The van der Waals surface area contributed by atoms with Crippen molar-refractivity contribution in [3.05, 3.63) is 37.2 Å². The van der Waals surface area contributed by atoms with E-state index < -0.39 is 0 Å². The van der Waals surface area contributed by atoms with Crippen molar-refractivity contribution in [2.45, 2.75) is 25.9 Å². The summed E-state index contributed by atoms with van der Waals surface area (Å²) in [5.74, 6) is 0. The fraction of sp³-hybridized carbons (Fsp3) is 0.417. The minimum atomic E-state index is 0.302. The molecule has 0 saturated carbocycles. The lowest BCUT2D eigenvalue weighted by Gasteiger charge is -2.14. The van der Waals surface area contributed by atoms with Crippen LogP contribution in [-0.4, -0.2) is 16.8 Å². The highest BCUT2D eigenvalue weighted by Gasteiger charge is 2.16. The molecular weight excluding hydrogens is 378 g/mol. The van der Waals surface area contributed by atoms with E-state index in [1.165, 1.54) is 14.9 Å². The van der Waals surface area contributed by atoms with Crippen molar-refractivity contribution in [1.82, 2.24) is 15.1 Å². The molecule has 18 heavy (non-hydrogen) atoms. The molecule has 1 N–H and O–H groups in total. The van der Waals surface area contributed by atoms with Gasteiger partial charge in [0.05, 0.1) is 13.8 Å². The van der Waals surface area contributed by atoms with Gasteiger partial charge in [0.1, 0.15) is 0 Å². The van der Waals surface area contributed by atoms with Crippen molar-refractivity contribution >= 4 is 43.2 Å². The molecule has 1 unspecified atom stereocenters. The summed E-state index contributed by atoms with van der Waals surface area (Å²) in [6.45, 7) is 3.01. The lowest BCUT2D eigenvalue weighted by Crippen LogP contribution is -2.18. The SMILES string of the molecule is CCn1cc(CC(NC)c2cc(Br)sc2Br)cn1. The smallest absolute Gasteiger partial charge is 0.0758 e. The van der Waals surface area contributed by atoms with Gasteiger partial charge in [-0.05, 0) is 69.4 Å². The average Bonchev–Trinajstić information content (AvgIpc) is 2.92. The molecule has 3 nitrogen and oxygen atoms in total. The lowest BCUT2D eigenvalue weighted by molar-refractivity contribution is 0.590. The Kier molecular flexibility index (Phi) is 5.00. The number of likely N-dealkylation sites (N-methyl/N-ethyl adjacent to an activating group) is 1. The number of aromatic nitrogens is 2. The van der Waals surface area contributed by atoms with E-state index in [0.29, 0.717) is 6.04 Å². The van der Waals surface area contributed by atoms with Crippen molar-refractivity contribution in [3.8, 4) is 0 Å². The normalized spacial score (nSPS) is 12.9. The van der Waals surface area contributed by atoms with Gasteiger partial charge in [-0.25, -0.2) is 0 Å². The number of thiophene rings is 1. The largest absolute Gasteiger partial charge is 0.313 e. The third-order valence-corrected chi connectivity index (χ3v) is 5.24. The molecule has 0 radical (unpaired) electrons. The van der Waals surface area contributed by atoms with Gasteiger partial charge in [0.2, 0.25) is 0 Å². The van der Waals surface area contributed by atoms with E-state index in [2.05, 4.69) is 61.5 Å². The minimum Gasteiger partial charge on any atom is -0.313 e. The van der Waals surface area contributed by atoms with Gasteiger partial charge in [0.15, 0.2) is 0 Å². The second-order valence-electron chi connectivity index (χ2n) is 4.03. The molecule has 0 amide bonds. The first kappa shape index (κ1) is 14.2. The molecule has 0 saturated heterocycles. The zero-order valence-corrected chi connectivity index (χ0v) is 14.3. The number of aryl methyl sites for hydroxylation is 1. The fourth-order valence-electron chi connectivity index (χ4n) is 1.88. The summed E-state index contributed by atoms with van der Waals surface area (Å²) >= 11 is 8.85. The third kappa shape index (κ3) is 3.23. The minimum absolute atomic E-state index is 0.302. The van der Waals surface area contributed by atoms with Crippen LogP contribution in [-0.2, 0) is 13.0 Å². The van der Waals surface area contributed by atoms with Crippen LogP contribution in [0.5, 0.6) is 0 Å². The molecule has 0 aromatic carbocycles. The highest BCUT2D eigenvalue weighted by atomic mass is 79.9. The van der Waals surface area contributed by atoms with Crippen LogP contribution >= 0.6 is 43.2 Å². The van der Waals surface area contributed by atoms with Gasteiger partial charge in [0.25, 0.3) is 0 Å². The zero-order valence-electron chi connectivity index (χ0n) is 10.3. The van der Waals surface area contributed by atoms with Crippen molar-refractivity contribution in [2.75, 3.05) is 7.05 Å². The standard InChI is InChI=1S/C12H15Br2N3S/c1-3-17-7-8(6-16-17)4-10(15-2)9-5-11(13)18-12(9)14/h5-7,10,15H,3-4H2,1-2H3. The predicted molar refractivity (Wildman–Crippen MR) is 83.1 cm³/mol. The summed E-state index contributed by atoms with van der Waals surface area (Å²) < 4.78 is 4.28. The molecule has 1 atom stereocenters. The molecule has 0 bridgehead atoms. The summed E-state index contributed by atoms with van der Waals surface area (Å²) in [6.07, 6.45) is 5.00. The van der Waals surface area contributed by atoms with E-state index in [9.17, 15) is 0 Å². The van der Waals surface area contributed by atoms with Crippen molar-refractivity contribution in [3.63, 3.8) is 0 Å². The molecule has 2 heterocycles. The maximum Gasteiger partial charge on any atom is 0.0758 e. The lowest BCUT2D eigenvalue weighted by atomic mass is 10.0. The first-order valence-electron chi connectivity index (χ1n) is 5.77. The molecule has 0 aliphatic rings. The van der Waals surface area contributed by atoms with Crippen LogP contribution in [0.1, 0.15) is 24.1 Å². The Morgan fingerprint density at radius 1 is 1.50 bits per heavy atom. The van der Waals surface area contributed by atoms with Crippen molar-refractivity contribution < 1.29 is 0 Å². The highest BCUT2D eigenvalue weighted by molar-refractivity contribution is 9.12. The van der Waals surface area contributed by atoms with E-state index in [0.717, 1.165) is 16.8 Å². The Labute approximate surface area is 128 Å². The molecule has 2 rings (SSSR count). The number of halogens is 2. The first-order valence-corrected chi connectivity index (χ1v) is 8.17. The van der Waals surface area contributed by atoms with Gasteiger partial charge in [-0.1, -0.05) is 0 Å². The topological polar surface area (TPSA) is 29.9 Å². The first-order chi connectivity index (χ1) is 8.63. The van der Waals surface area contributed by atoms with E-state index in [4.69, 9.17) is 0 Å². The zero-order chi connectivity index (χ0) is 13.1. The van der Waals surface area contributed by atoms with Gasteiger partial charge < -0.3 is 5.32 Å². The van der Waals surface area contributed by atoms with E-state index >= 15 is 0 Å². The van der Waals surface area contributed by atoms with Crippen LogP contribution in [0.2, 0.25) is 0 Å². The second-order valence-corrected chi connectivity index (χ2v) is 7.78. The quantitative estimate of drug-likeness (QED) is 0.833. The van der Waals surface area contributed by atoms with E-state index in [-0.39, 0.29) is 0 Å². The highest BCUT2D eigenvalue weighted by Crippen LogP contribution is 2.36. The van der Waals surface area contributed by atoms with Gasteiger partial charge in [-0.3, -0.25) is 4.68 Å². The number of hydrogen-bond acceptors (Lipinski definition) is 3. The molecule has 0 aliphatic heterocycles. The fourth-order valence-corrected chi connectivity index (χ4v) is 4.85. The van der Waals surface area contributed by atoms with Gasteiger partial charge >= 0.3 is 0 Å². The maximum atomic E-state index is 4.31. The summed E-state index contributed by atoms with van der Waals surface area (Å²) in [7, 11) is 1.99. The molecule has 0 aliphatic carbocycles. The monoisotopic (exact) mass is 391 g/mol. The summed E-state index contributed by atoms with van der Waals surface area (Å²) in [5.41, 5.74) is 2.55. The second kappa shape index (κ2) is 6.32. The molecule has 2 aromatic rings. The average molecular weight is 393 g/mol. The number of hydrogen-bond donors (Lipinski definition) is 1. The molecule has 0 spiro atoms. The Hall–Kier alpha value is -0.170. The Bertz CT molecular complexity index is 521. The van der Waals surface area contributed by atoms with Crippen LogP contribution in [0.4, 0.5) is 0 Å². The summed E-state index contributed by atoms with van der Waals surface area (Å²) in [5, 5.41) is 7.68. The Morgan fingerprint density at radius 3 is 2.78 bits per heavy atom. The Balaban J connectivity index is 2.16. The van der Waals surface area contributed by atoms with Gasteiger partial charge in [-0.2, -0.15) is 5.10 Å². The summed E-state index contributed by atoms with van der Waals surface area (Å²) in [4.78, 5) is 0. The van der Waals surface area contributed by atoms with Crippen molar-refractivity contribution in [1.29, 1.82) is 0 Å². The maximum absolute atomic E-state index is 4.31. The molecular formula is C12H15Br2N3S. The van der Waals surface area contributed by atoms with Gasteiger partial charge in [0, 0.05) is 18.8 Å². The number of nitrogens with zero attached hydrogens (tertiary/aromatic N) is 2. The summed E-state index contributed by atoms with van der Waals surface area (Å²) in [6, 6.07) is 2.47. The molecule has 0 fully saturated rings. The van der Waals surface area contributed by atoms with Crippen LogP contribution in [0.15, 0.2) is 26.0 Å². The predicted octanol–water partition coefficient (Wildman–Crippen LogP) is 3.99. The van der Waals surface area contributed by atoms with Gasteiger partial charge in [-0.15, -0.1) is 11.3 Å². The van der Waals surface area contributed by atoms with Crippen LogP contribution in [0.3, 0.4) is 0 Å². The Morgan fingerprint density at radius 2 is 2.28 bits per heavy atom. The van der Waals surface area contributed by atoms with Crippen LogP contribution < -0.4 is 5.32 Å². The number of nitrogens with one attached hydrogen (secondary N) is 1. The molecule has 98 valence electrons. The van der Waals surface area contributed by atoms with E-state index in [1.54, 1.807) is 11.3 Å². The van der Waals surface area contributed by atoms with Crippen molar-refractivity contribution in [2.24, 2.45) is 0 Å².